The SMILES string of the molecule is O=C(N[C@H]1CCCNC1)c1ccc(CN2CCSCC2)cc1. The average Bonchev–Trinajstić information content (AvgIpc) is 2.57. The molecule has 0 spiro atoms. The highest BCUT2D eigenvalue weighted by atomic mass is 32.2. The lowest BCUT2D eigenvalue weighted by atomic mass is 10.1. The van der Waals surface area contributed by atoms with Gasteiger partial charge < -0.3 is 10.6 Å². The molecule has 22 heavy (non-hydrogen) atoms. The van der Waals surface area contributed by atoms with Crippen molar-refractivity contribution in [1.29, 1.82) is 0 Å². The number of hydrogen-bond acceptors (Lipinski definition) is 4. The molecule has 2 N–H and O–H groups in total. The van der Waals surface area contributed by atoms with Crippen LogP contribution in [0.15, 0.2) is 24.3 Å². The Morgan fingerprint density at radius 2 is 2.05 bits per heavy atom. The number of amides is 1. The molecule has 3 rings (SSSR count). The summed E-state index contributed by atoms with van der Waals surface area (Å²) in [5.74, 6) is 2.51. The molecule has 0 aromatic heterocycles. The van der Waals surface area contributed by atoms with Crippen molar-refractivity contribution in [2.45, 2.75) is 25.4 Å². The summed E-state index contributed by atoms with van der Waals surface area (Å²) in [5, 5.41) is 6.45. The molecule has 2 aliphatic heterocycles. The topological polar surface area (TPSA) is 44.4 Å². The third-order valence-electron chi connectivity index (χ3n) is 4.36. The van der Waals surface area contributed by atoms with Crippen molar-refractivity contribution in [3.63, 3.8) is 0 Å². The Kier molecular flexibility index (Phi) is 5.76. The van der Waals surface area contributed by atoms with Gasteiger partial charge >= 0.3 is 0 Å². The van der Waals surface area contributed by atoms with Gasteiger partial charge in [-0.05, 0) is 37.1 Å². The Labute approximate surface area is 137 Å². The lowest BCUT2D eigenvalue weighted by Gasteiger charge is -2.26. The van der Waals surface area contributed by atoms with Gasteiger partial charge in [-0.15, -0.1) is 0 Å². The normalized spacial score (nSPS) is 23.2. The minimum atomic E-state index is 0.0506. The molecule has 0 unspecified atom stereocenters. The minimum absolute atomic E-state index is 0.0506. The van der Waals surface area contributed by atoms with Crippen LogP contribution in [0.5, 0.6) is 0 Å². The van der Waals surface area contributed by atoms with Crippen molar-refractivity contribution in [1.82, 2.24) is 15.5 Å². The second kappa shape index (κ2) is 7.99. The Morgan fingerprint density at radius 1 is 1.27 bits per heavy atom. The van der Waals surface area contributed by atoms with E-state index < -0.39 is 0 Å². The van der Waals surface area contributed by atoms with Gasteiger partial charge in [-0.3, -0.25) is 9.69 Å². The summed E-state index contributed by atoms with van der Waals surface area (Å²) in [6.45, 7) is 5.28. The fraction of sp³-hybridized carbons (Fsp3) is 0.588. The van der Waals surface area contributed by atoms with E-state index >= 15 is 0 Å². The predicted molar refractivity (Wildman–Crippen MR) is 92.4 cm³/mol. The molecule has 1 aromatic carbocycles. The number of benzene rings is 1. The Hall–Kier alpha value is -1.04. The van der Waals surface area contributed by atoms with E-state index in [9.17, 15) is 4.79 Å². The van der Waals surface area contributed by atoms with Crippen molar-refractivity contribution in [3.8, 4) is 0 Å². The zero-order valence-corrected chi connectivity index (χ0v) is 13.8. The van der Waals surface area contributed by atoms with E-state index in [0.29, 0.717) is 0 Å². The summed E-state index contributed by atoms with van der Waals surface area (Å²) in [7, 11) is 0. The van der Waals surface area contributed by atoms with Crippen LogP contribution in [0.1, 0.15) is 28.8 Å². The van der Waals surface area contributed by atoms with E-state index in [1.165, 1.54) is 30.2 Å². The van der Waals surface area contributed by atoms with Crippen molar-refractivity contribution in [2.24, 2.45) is 0 Å². The van der Waals surface area contributed by atoms with Gasteiger partial charge in [0, 0.05) is 49.3 Å². The highest BCUT2D eigenvalue weighted by Gasteiger charge is 2.16. The first-order valence-electron chi connectivity index (χ1n) is 8.22. The molecule has 120 valence electrons. The van der Waals surface area contributed by atoms with Gasteiger partial charge in [0.2, 0.25) is 0 Å². The molecule has 2 aliphatic rings. The van der Waals surface area contributed by atoms with Gasteiger partial charge in [-0.1, -0.05) is 12.1 Å². The number of carbonyl (C=O) groups excluding carboxylic acids is 1. The maximum Gasteiger partial charge on any atom is 0.251 e. The van der Waals surface area contributed by atoms with Gasteiger partial charge in [0.05, 0.1) is 0 Å². The molecule has 2 saturated heterocycles. The van der Waals surface area contributed by atoms with E-state index in [1.54, 1.807) is 0 Å². The Morgan fingerprint density at radius 3 is 2.73 bits per heavy atom. The van der Waals surface area contributed by atoms with Crippen LogP contribution in [-0.2, 0) is 6.54 Å². The molecule has 5 heteroatoms. The van der Waals surface area contributed by atoms with Gasteiger partial charge in [-0.2, -0.15) is 11.8 Å². The molecule has 0 radical (unpaired) electrons. The summed E-state index contributed by atoms with van der Waals surface area (Å²) >= 11 is 2.03. The van der Waals surface area contributed by atoms with E-state index in [-0.39, 0.29) is 11.9 Å². The first kappa shape index (κ1) is 15.8. The minimum Gasteiger partial charge on any atom is -0.348 e. The van der Waals surface area contributed by atoms with Crippen LogP contribution < -0.4 is 10.6 Å². The van der Waals surface area contributed by atoms with Crippen LogP contribution in [-0.4, -0.2) is 54.5 Å². The number of piperidine rings is 1. The second-order valence-electron chi connectivity index (χ2n) is 6.10. The molecule has 0 bridgehead atoms. The zero-order chi connectivity index (χ0) is 15.2. The lowest BCUT2D eigenvalue weighted by Crippen LogP contribution is -2.45. The smallest absolute Gasteiger partial charge is 0.251 e. The second-order valence-corrected chi connectivity index (χ2v) is 7.33. The van der Waals surface area contributed by atoms with Crippen LogP contribution in [0.25, 0.3) is 0 Å². The number of nitrogens with one attached hydrogen (secondary N) is 2. The quantitative estimate of drug-likeness (QED) is 0.887. The first-order valence-corrected chi connectivity index (χ1v) is 9.37. The summed E-state index contributed by atoms with van der Waals surface area (Å²) < 4.78 is 0. The average molecular weight is 319 g/mol. The molecule has 2 fully saturated rings. The molecule has 1 aromatic rings. The standard InChI is InChI=1S/C17H25N3OS/c21-17(19-16-2-1-7-18-12-16)15-5-3-14(4-6-15)13-20-8-10-22-11-9-20/h3-6,16,18H,1-2,7-13H2,(H,19,21)/t16-/m0/s1. The molecule has 1 amide bonds. The van der Waals surface area contributed by atoms with Gasteiger partial charge in [0.25, 0.3) is 5.91 Å². The fourth-order valence-corrected chi connectivity index (χ4v) is 4.00. The van der Waals surface area contributed by atoms with Crippen molar-refractivity contribution < 1.29 is 4.79 Å². The largest absolute Gasteiger partial charge is 0.348 e. The summed E-state index contributed by atoms with van der Waals surface area (Å²) in [5.41, 5.74) is 2.06. The van der Waals surface area contributed by atoms with Crippen molar-refractivity contribution in [3.05, 3.63) is 35.4 Å². The molecular weight excluding hydrogens is 294 g/mol. The van der Waals surface area contributed by atoms with E-state index in [0.717, 1.165) is 38.0 Å². The number of thioether (sulfide) groups is 1. The van der Waals surface area contributed by atoms with Crippen LogP contribution in [0.2, 0.25) is 0 Å². The first-order chi connectivity index (χ1) is 10.8. The van der Waals surface area contributed by atoms with E-state index in [4.69, 9.17) is 0 Å². The summed E-state index contributed by atoms with van der Waals surface area (Å²) in [6, 6.07) is 8.37. The highest BCUT2D eigenvalue weighted by molar-refractivity contribution is 7.99. The third kappa shape index (κ3) is 4.48. The van der Waals surface area contributed by atoms with Crippen LogP contribution >= 0.6 is 11.8 Å². The maximum absolute atomic E-state index is 12.3. The van der Waals surface area contributed by atoms with Crippen LogP contribution in [0.4, 0.5) is 0 Å². The summed E-state index contributed by atoms with van der Waals surface area (Å²) in [6.07, 6.45) is 2.21. The predicted octanol–water partition coefficient (Wildman–Crippen LogP) is 1.72. The highest BCUT2D eigenvalue weighted by Crippen LogP contribution is 2.14. The number of nitrogens with zero attached hydrogens (tertiary/aromatic N) is 1. The van der Waals surface area contributed by atoms with Gasteiger partial charge in [-0.25, -0.2) is 0 Å². The molecular formula is C17H25N3OS. The number of hydrogen-bond donors (Lipinski definition) is 2. The number of rotatable bonds is 4. The Bertz CT molecular complexity index is 479. The van der Waals surface area contributed by atoms with Crippen LogP contribution in [0.3, 0.4) is 0 Å². The van der Waals surface area contributed by atoms with Crippen molar-refractivity contribution >= 4 is 17.7 Å². The molecule has 0 aliphatic carbocycles. The maximum atomic E-state index is 12.3. The molecule has 1 atom stereocenters. The van der Waals surface area contributed by atoms with E-state index in [1.807, 2.05) is 23.9 Å². The zero-order valence-electron chi connectivity index (χ0n) is 13.0. The number of carbonyl (C=O) groups is 1. The molecule has 0 saturated carbocycles. The lowest BCUT2D eigenvalue weighted by molar-refractivity contribution is 0.0930. The van der Waals surface area contributed by atoms with E-state index in [2.05, 4.69) is 27.7 Å². The van der Waals surface area contributed by atoms with Gasteiger partial charge in [0.1, 0.15) is 0 Å². The fourth-order valence-electron chi connectivity index (χ4n) is 3.02. The molecule has 4 nitrogen and oxygen atoms in total. The van der Waals surface area contributed by atoms with Crippen LogP contribution in [0, 0.1) is 0 Å². The Balaban J connectivity index is 1.52. The summed E-state index contributed by atoms with van der Waals surface area (Å²) in [4.78, 5) is 14.7. The van der Waals surface area contributed by atoms with Crippen molar-refractivity contribution in [2.75, 3.05) is 37.7 Å². The van der Waals surface area contributed by atoms with Gasteiger partial charge in [0.15, 0.2) is 0 Å². The monoisotopic (exact) mass is 319 g/mol. The third-order valence-corrected chi connectivity index (χ3v) is 5.30. The molecule has 2 heterocycles.